The van der Waals surface area contributed by atoms with Gasteiger partial charge in [0.05, 0.1) is 14.9 Å². The molecule has 1 N–H and O–H groups in total. The van der Waals surface area contributed by atoms with Crippen LogP contribution in [0.15, 0.2) is 60.8 Å². The van der Waals surface area contributed by atoms with Crippen molar-refractivity contribution in [1.82, 2.24) is 4.98 Å². The minimum absolute atomic E-state index is 0.515. The van der Waals surface area contributed by atoms with Crippen LogP contribution in [0, 0.1) is 6.92 Å². The number of hydrogen-bond acceptors (Lipinski definition) is 3. The molecule has 0 amide bonds. The summed E-state index contributed by atoms with van der Waals surface area (Å²) in [7, 11) is 0. The largest absolute Gasteiger partial charge is 0.355 e. The monoisotopic (exact) mass is 372 g/mol. The SMILES string of the molecule is Cc1ccccc1Nc1ccc(C(=S)c2ncccc2Cl)c(Cl)c1. The number of rotatable bonds is 4. The van der Waals surface area contributed by atoms with Crippen LogP contribution < -0.4 is 5.32 Å². The highest BCUT2D eigenvalue weighted by atomic mass is 35.5. The van der Waals surface area contributed by atoms with E-state index in [4.69, 9.17) is 35.4 Å². The molecule has 0 aliphatic rings. The Morgan fingerprint density at radius 1 is 1.00 bits per heavy atom. The smallest absolute Gasteiger partial charge is 0.100 e. The average Bonchev–Trinajstić information content (AvgIpc) is 2.57. The van der Waals surface area contributed by atoms with Gasteiger partial charge in [-0.2, -0.15) is 0 Å². The lowest BCUT2D eigenvalue weighted by atomic mass is 10.1. The van der Waals surface area contributed by atoms with Gasteiger partial charge in [0.15, 0.2) is 0 Å². The first-order valence-electron chi connectivity index (χ1n) is 7.33. The van der Waals surface area contributed by atoms with E-state index in [1.165, 1.54) is 0 Å². The van der Waals surface area contributed by atoms with Gasteiger partial charge in [-0.3, -0.25) is 4.98 Å². The number of thiocarbonyl (C=S) groups is 1. The van der Waals surface area contributed by atoms with Crippen molar-refractivity contribution >= 4 is 51.7 Å². The highest BCUT2D eigenvalue weighted by Gasteiger charge is 2.13. The van der Waals surface area contributed by atoms with Crippen molar-refractivity contribution in [3.05, 3.63) is 87.7 Å². The van der Waals surface area contributed by atoms with Gasteiger partial charge in [0.2, 0.25) is 0 Å². The van der Waals surface area contributed by atoms with Crippen molar-refractivity contribution in [3.8, 4) is 0 Å². The normalized spacial score (nSPS) is 10.5. The average molecular weight is 373 g/mol. The zero-order valence-electron chi connectivity index (χ0n) is 12.9. The molecule has 0 bridgehead atoms. The van der Waals surface area contributed by atoms with Gasteiger partial charge in [-0.15, -0.1) is 0 Å². The van der Waals surface area contributed by atoms with Crippen LogP contribution in [0.3, 0.4) is 0 Å². The van der Waals surface area contributed by atoms with Gasteiger partial charge in [-0.1, -0.05) is 53.6 Å². The molecule has 1 aromatic heterocycles. The predicted octanol–water partition coefficient (Wildman–Crippen LogP) is 6.21. The standard InChI is InChI=1S/C19H14Cl2N2S/c1-12-5-2-3-7-17(12)23-13-8-9-14(16(21)11-13)19(24)18-15(20)6-4-10-22-18/h2-11,23H,1H3. The highest BCUT2D eigenvalue weighted by molar-refractivity contribution is 7.81. The fraction of sp³-hybridized carbons (Fsp3) is 0.0526. The number of benzene rings is 2. The molecule has 0 unspecified atom stereocenters. The maximum atomic E-state index is 6.43. The van der Waals surface area contributed by atoms with Crippen LogP contribution in [0.25, 0.3) is 0 Å². The molecule has 0 aliphatic carbocycles. The van der Waals surface area contributed by atoms with Crippen molar-refractivity contribution in [2.75, 3.05) is 5.32 Å². The molecule has 24 heavy (non-hydrogen) atoms. The van der Waals surface area contributed by atoms with E-state index < -0.39 is 0 Å². The number of anilines is 2. The van der Waals surface area contributed by atoms with E-state index in [1.54, 1.807) is 18.3 Å². The van der Waals surface area contributed by atoms with E-state index in [0.717, 1.165) is 22.5 Å². The third kappa shape index (κ3) is 3.59. The molecule has 5 heteroatoms. The van der Waals surface area contributed by atoms with Gasteiger partial charge in [0.1, 0.15) is 5.69 Å². The van der Waals surface area contributed by atoms with Crippen molar-refractivity contribution < 1.29 is 0 Å². The molecule has 0 atom stereocenters. The molecule has 0 aliphatic heterocycles. The zero-order chi connectivity index (χ0) is 17.1. The molecule has 1 heterocycles. The number of para-hydroxylation sites is 1. The van der Waals surface area contributed by atoms with Crippen LogP contribution in [0.4, 0.5) is 11.4 Å². The predicted molar refractivity (Wildman–Crippen MR) is 106 cm³/mol. The molecule has 0 saturated heterocycles. The molecule has 0 saturated carbocycles. The fourth-order valence-electron chi connectivity index (χ4n) is 2.33. The van der Waals surface area contributed by atoms with Gasteiger partial charge >= 0.3 is 0 Å². The van der Waals surface area contributed by atoms with E-state index in [1.807, 2.05) is 36.4 Å². The Morgan fingerprint density at radius 2 is 1.79 bits per heavy atom. The Morgan fingerprint density at radius 3 is 2.50 bits per heavy atom. The number of hydrogen-bond donors (Lipinski definition) is 1. The van der Waals surface area contributed by atoms with Gasteiger partial charge in [-0.05, 0) is 48.9 Å². The lowest BCUT2D eigenvalue weighted by Crippen LogP contribution is -2.04. The van der Waals surface area contributed by atoms with Crippen molar-refractivity contribution in [2.24, 2.45) is 0 Å². The van der Waals surface area contributed by atoms with Crippen LogP contribution in [0.1, 0.15) is 16.8 Å². The van der Waals surface area contributed by atoms with Gasteiger partial charge in [0, 0.05) is 23.1 Å². The molecule has 3 rings (SSSR count). The Bertz CT molecular complexity index is 909. The van der Waals surface area contributed by atoms with E-state index in [-0.39, 0.29) is 0 Å². The Kier molecular flexibility index (Phi) is 5.14. The molecule has 120 valence electrons. The molecular formula is C19H14Cl2N2S. The fourth-order valence-corrected chi connectivity index (χ4v) is 3.27. The zero-order valence-corrected chi connectivity index (χ0v) is 15.2. The minimum Gasteiger partial charge on any atom is -0.355 e. The summed E-state index contributed by atoms with van der Waals surface area (Å²) in [5.74, 6) is 0. The third-order valence-corrected chi connectivity index (χ3v) is 4.64. The van der Waals surface area contributed by atoms with Crippen molar-refractivity contribution in [2.45, 2.75) is 6.92 Å². The van der Waals surface area contributed by atoms with Gasteiger partial charge in [0.25, 0.3) is 0 Å². The first-order valence-corrected chi connectivity index (χ1v) is 8.50. The quantitative estimate of drug-likeness (QED) is 0.435. The molecule has 0 radical (unpaired) electrons. The molecule has 2 nitrogen and oxygen atoms in total. The van der Waals surface area contributed by atoms with Gasteiger partial charge in [-0.25, -0.2) is 0 Å². The molecule has 3 aromatic rings. The summed E-state index contributed by atoms with van der Waals surface area (Å²) in [6.45, 7) is 2.05. The first kappa shape index (κ1) is 16.9. The Labute approximate surface area is 156 Å². The lowest BCUT2D eigenvalue weighted by Gasteiger charge is -2.12. The number of aromatic nitrogens is 1. The molecule has 2 aromatic carbocycles. The number of nitrogens with one attached hydrogen (secondary N) is 1. The summed E-state index contributed by atoms with van der Waals surface area (Å²) in [6, 6.07) is 17.3. The summed E-state index contributed by atoms with van der Waals surface area (Å²) in [4.78, 5) is 4.79. The maximum absolute atomic E-state index is 6.43. The van der Waals surface area contributed by atoms with E-state index in [0.29, 0.717) is 20.6 Å². The van der Waals surface area contributed by atoms with E-state index in [9.17, 15) is 0 Å². The summed E-state index contributed by atoms with van der Waals surface area (Å²) in [6.07, 6.45) is 1.66. The Balaban J connectivity index is 1.89. The second-order valence-electron chi connectivity index (χ2n) is 5.30. The van der Waals surface area contributed by atoms with Crippen LogP contribution in [-0.4, -0.2) is 9.85 Å². The van der Waals surface area contributed by atoms with Crippen LogP contribution in [-0.2, 0) is 0 Å². The van der Waals surface area contributed by atoms with Crippen molar-refractivity contribution in [1.29, 1.82) is 0 Å². The third-order valence-electron chi connectivity index (χ3n) is 3.61. The maximum Gasteiger partial charge on any atom is 0.100 e. The molecule has 0 spiro atoms. The second-order valence-corrected chi connectivity index (χ2v) is 6.52. The van der Waals surface area contributed by atoms with Crippen LogP contribution in [0.2, 0.25) is 10.0 Å². The number of halogens is 2. The summed E-state index contributed by atoms with van der Waals surface area (Å²) in [5, 5.41) is 4.43. The van der Waals surface area contributed by atoms with Gasteiger partial charge < -0.3 is 5.32 Å². The number of nitrogens with zero attached hydrogens (tertiary/aromatic N) is 1. The summed E-state index contributed by atoms with van der Waals surface area (Å²) >= 11 is 18.1. The number of pyridine rings is 1. The molecular weight excluding hydrogens is 359 g/mol. The first-order chi connectivity index (χ1) is 11.6. The topological polar surface area (TPSA) is 24.9 Å². The summed E-state index contributed by atoms with van der Waals surface area (Å²) < 4.78 is 0. The number of aryl methyl sites for hydroxylation is 1. The van der Waals surface area contributed by atoms with Crippen LogP contribution >= 0.6 is 35.4 Å². The van der Waals surface area contributed by atoms with E-state index >= 15 is 0 Å². The summed E-state index contributed by atoms with van der Waals surface area (Å²) in [5.41, 5.74) is 4.40. The van der Waals surface area contributed by atoms with E-state index in [2.05, 4.69) is 23.3 Å². The molecule has 0 fully saturated rings. The van der Waals surface area contributed by atoms with Crippen molar-refractivity contribution in [3.63, 3.8) is 0 Å². The minimum atomic E-state index is 0.515. The van der Waals surface area contributed by atoms with Crippen LogP contribution in [0.5, 0.6) is 0 Å². The Hall–Kier alpha value is -1.94. The lowest BCUT2D eigenvalue weighted by molar-refractivity contribution is 1.30. The second kappa shape index (κ2) is 7.31. The highest BCUT2D eigenvalue weighted by Crippen LogP contribution is 2.28.